The van der Waals surface area contributed by atoms with Gasteiger partial charge in [-0.25, -0.2) is 8.42 Å². The summed E-state index contributed by atoms with van der Waals surface area (Å²) in [4.78, 5) is 26.1. The lowest BCUT2D eigenvalue weighted by Crippen LogP contribution is -2.43. The first-order valence-electron chi connectivity index (χ1n) is 10.8. The fourth-order valence-corrected chi connectivity index (χ4v) is 5.74. The Morgan fingerprint density at radius 2 is 1.71 bits per heavy atom. The van der Waals surface area contributed by atoms with E-state index in [2.05, 4.69) is 10.6 Å². The summed E-state index contributed by atoms with van der Waals surface area (Å²) in [6, 6.07) is 19.0. The summed E-state index contributed by atoms with van der Waals surface area (Å²) in [6.45, 7) is 2.16. The number of rotatable bonds is 6. The van der Waals surface area contributed by atoms with Crippen molar-refractivity contribution in [2.45, 2.75) is 30.7 Å². The van der Waals surface area contributed by atoms with Gasteiger partial charge in [0.25, 0.3) is 5.91 Å². The van der Waals surface area contributed by atoms with Crippen LogP contribution in [0.1, 0.15) is 28.8 Å². The highest BCUT2D eigenvalue weighted by molar-refractivity contribution is 7.89. The average molecular weight is 498 g/mol. The summed E-state index contributed by atoms with van der Waals surface area (Å²) in [5, 5.41) is 6.03. The molecule has 1 aliphatic rings. The lowest BCUT2D eigenvalue weighted by atomic mass is 10.1. The first kappa shape index (κ1) is 23.9. The molecule has 176 valence electrons. The second-order valence-electron chi connectivity index (χ2n) is 8.09. The van der Waals surface area contributed by atoms with Crippen molar-refractivity contribution in [2.24, 2.45) is 0 Å². The van der Waals surface area contributed by atoms with Gasteiger partial charge in [0, 0.05) is 17.3 Å². The van der Waals surface area contributed by atoms with Crippen molar-refractivity contribution in [3.63, 3.8) is 0 Å². The van der Waals surface area contributed by atoms with Crippen LogP contribution in [-0.2, 0) is 14.8 Å². The molecule has 4 rings (SSSR count). The van der Waals surface area contributed by atoms with E-state index in [0.717, 1.165) is 5.56 Å². The van der Waals surface area contributed by atoms with Crippen LogP contribution in [0.5, 0.6) is 0 Å². The van der Waals surface area contributed by atoms with Crippen LogP contribution in [0.4, 0.5) is 11.4 Å². The maximum atomic E-state index is 13.2. The Balaban J connectivity index is 1.53. The molecule has 0 bridgehead atoms. The van der Waals surface area contributed by atoms with Crippen LogP contribution in [0.25, 0.3) is 0 Å². The van der Waals surface area contributed by atoms with Gasteiger partial charge < -0.3 is 10.6 Å². The zero-order valence-corrected chi connectivity index (χ0v) is 20.1. The highest BCUT2D eigenvalue weighted by Gasteiger charge is 2.39. The van der Waals surface area contributed by atoms with Crippen LogP contribution in [0, 0.1) is 6.92 Å². The summed E-state index contributed by atoms with van der Waals surface area (Å²) >= 11 is 5.88. The largest absolute Gasteiger partial charge is 0.324 e. The van der Waals surface area contributed by atoms with E-state index in [4.69, 9.17) is 11.6 Å². The van der Waals surface area contributed by atoms with Crippen LogP contribution in [0.3, 0.4) is 0 Å². The molecule has 0 aromatic heterocycles. The number of hydrogen-bond donors (Lipinski definition) is 2. The molecule has 3 aromatic carbocycles. The van der Waals surface area contributed by atoms with Gasteiger partial charge in [0.1, 0.15) is 6.04 Å². The number of nitrogens with zero attached hydrogens (tertiary/aromatic N) is 1. The summed E-state index contributed by atoms with van der Waals surface area (Å²) in [5.41, 5.74) is 2.24. The van der Waals surface area contributed by atoms with Gasteiger partial charge in [0.05, 0.1) is 16.1 Å². The number of benzene rings is 3. The van der Waals surface area contributed by atoms with Crippen LogP contribution >= 0.6 is 11.6 Å². The van der Waals surface area contributed by atoms with Crippen molar-refractivity contribution >= 4 is 44.8 Å². The molecule has 34 heavy (non-hydrogen) atoms. The number of aryl methyl sites for hydroxylation is 1. The molecule has 2 N–H and O–H groups in total. The molecule has 0 saturated carbocycles. The van der Waals surface area contributed by atoms with E-state index >= 15 is 0 Å². The first-order valence-corrected chi connectivity index (χ1v) is 12.6. The van der Waals surface area contributed by atoms with Gasteiger partial charge in [-0.05, 0) is 73.9 Å². The summed E-state index contributed by atoms with van der Waals surface area (Å²) in [5.74, 6) is -0.857. The number of para-hydroxylation sites is 1. The van der Waals surface area contributed by atoms with Gasteiger partial charge in [-0.2, -0.15) is 4.31 Å². The fraction of sp³-hybridized carbons (Fsp3) is 0.200. The number of nitrogens with one attached hydrogen (secondary N) is 2. The Morgan fingerprint density at radius 1 is 0.971 bits per heavy atom. The predicted molar refractivity (Wildman–Crippen MR) is 133 cm³/mol. The van der Waals surface area contributed by atoms with E-state index in [0.29, 0.717) is 29.2 Å². The normalized spacial score (nSPS) is 16.2. The highest BCUT2D eigenvalue weighted by atomic mass is 35.5. The van der Waals surface area contributed by atoms with Crippen molar-refractivity contribution in [1.82, 2.24) is 4.31 Å². The third-order valence-corrected chi connectivity index (χ3v) is 7.81. The van der Waals surface area contributed by atoms with Gasteiger partial charge in [-0.1, -0.05) is 35.9 Å². The molecule has 1 atom stereocenters. The second kappa shape index (κ2) is 9.97. The molecule has 1 saturated heterocycles. The van der Waals surface area contributed by atoms with Gasteiger partial charge in [-0.3, -0.25) is 9.59 Å². The summed E-state index contributed by atoms with van der Waals surface area (Å²) in [6.07, 6.45) is 0.941. The highest BCUT2D eigenvalue weighted by Crippen LogP contribution is 2.28. The minimum atomic E-state index is -3.88. The molecule has 1 aliphatic heterocycles. The quantitative estimate of drug-likeness (QED) is 0.516. The van der Waals surface area contributed by atoms with Crippen molar-refractivity contribution in [2.75, 3.05) is 17.2 Å². The second-order valence-corrected chi connectivity index (χ2v) is 10.4. The van der Waals surface area contributed by atoms with Crippen molar-refractivity contribution < 1.29 is 18.0 Å². The van der Waals surface area contributed by atoms with Crippen LogP contribution in [0.2, 0.25) is 5.02 Å². The van der Waals surface area contributed by atoms with Gasteiger partial charge >= 0.3 is 0 Å². The smallest absolute Gasteiger partial charge is 0.257 e. The Hall–Kier alpha value is -3.20. The van der Waals surface area contributed by atoms with Gasteiger partial charge in [-0.15, -0.1) is 0 Å². The number of carbonyl (C=O) groups excluding carboxylic acids is 2. The van der Waals surface area contributed by atoms with E-state index < -0.39 is 22.0 Å². The predicted octanol–water partition coefficient (Wildman–Crippen LogP) is 4.69. The van der Waals surface area contributed by atoms with Crippen LogP contribution in [0.15, 0.2) is 77.7 Å². The molecule has 7 nitrogen and oxygen atoms in total. The SMILES string of the molecule is Cc1cccc(NC(=O)c2ccccc2NC(=O)[C@@H]2CCCN2S(=O)(=O)c2ccc(Cl)cc2)c1. The Labute approximate surface area is 203 Å². The Morgan fingerprint density at radius 3 is 2.44 bits per heavy atom. The first-order chi connectivity index (χ1) is 16.3. The molecule has 0 aliphatic carbocycles. The standard InChI is InChI=1S/C25H24ClN3O4S/c1-17-6-4-7-19(16-17)27-24(30)21-8-2-3-9-22(21)28-25(31)23-10-5-15-29(23)34(32,33)20-13-11-18(26)12-14-20/h2-4,6-9,11-14,16,23H,5,10,15H2,1H3,(H,27,30)(H,28,31)/t23-/m0/s1. The molecule has 9 heteroatoms. The number of halogens is 1. The monoisotopic (exact) mass is 497 g/mol. The molecule has 0 radical (unpaired) electrons. The number of amides is 2. The molecule has 0 unspecified atom stereocenters. The molecule has 1 heterocycles. The van der Waals surface area contributed by atoms with Crippen molar-refractivity contribution in [3.8, 4) is 0 Å². The minimum absolute atomic E-state index is 0.0783. The summed E-state index contributed by atoms with van der Waals surface area (Å²) in [7, 11) is -3.88. The number of sulfonamides is 1. The fourth-order valence-electron chi connectivity index (χ4n) is 3.96. The number of hydrogen-bond acceptors (Lipinski definition) is 4. The molecule has 2 amide bonds. The van der Waals surface area contributed by atoms with Crippen LogP contribution in [-0.4, -0.2) is 37.1 Å². The zero-order valence-electron chi connectivity index (χ0n) is 18.5. The maximum Gasteiger partial charge on any atom is 0.257 e. The number of anilines is 2. The maximum absolute atomic E-state index is 13.2. The van der Waals surface area contributed by atoms with Crippen molar-refractivity contribution in [1.29, 1.82) is 0 Å². The van der Waals surface area contributed by atoms with Crippen molar-refractivity contribution in [3.05, 3.63) is 88.9 Å². The molecule has 3 aromatic rings. The lowest BCUT2D eigenvalue weighted by Gasteiger charge is -2.24. The average Bonchev–Trinajstić information content (AvgIpc) is 3.31. The number of carbonyl (C=O) groups is 2. The molecular formula is C25H24ClN3O4S. The Kier molecular flexibility index (Phi) is 7.02. The molecular weight excluding hydrogens is 474 g/mol. The van der Waals surface area contributed by atoms with Gasteiger partial charge in [0.15, 0.2) is 0 Å². The molecule has 1 fully saturated rings. The van der Waals surface area contributed by atoms with E-state index in [-0.39, 0.29) is 22.9 Å². The van der Waals surface area contributed by atoms with E-state index in [9.17, 15) is 18.0 Å². The third-order valence-electron chi connectivity index (χ3n) is 5.63. The lowest BCUT2D eigenvalue weighted by molar-refractivity contribution is -0.119. The van der Waals surface area contributed by atoms with Crippen LogP contribution < -0.4 is 10.6 Å². The van der Waals surface area contributed by atoms with E-state index in [1.54, 1.807) is 30.3 Å². The topological polar surface area (TPSA) is 95.6 Å². The minimum Gasteiger partial charge on any atom is -0.324 e. The summed E-state index contributed by atoms with van der Waals surface area (Å²) < 4.78 is 27.5. The van der Waals surface area contributed by atoms with Gasteiger partial charge in [0.2, 0.25) is 15.9 Å². The molecule has 0 spiro atoms. The van der Waals surface area contributed by atoms with E-state index in [1.165, 1.54) is 28.6 Å². The third kappa shape index (κ3) is 5.14. The Bertz CT molecular complexity index is 1330. The van der Waals surface area contributed by atoms with E-state index in [1.807, 2.05) is 25.1 Å². The zero-order chi connectivity index (χ0) is 24.3.